The average molecular weight is 409 g/mol. The van der Waals surface area contributed by atoms with Crippen molar-refractivity contribution >= 4 is 27.3 Å². The molecule has 0 unspecified atom stereocenters. The summed E-state index contributed by atoms with van der Waals surface area (Å²) in [6.07, 6.45) is 0. The molecule has 1 amide bonds. The van der Waals surface area contributed by atoms with Gasteiger partial charge >= 0.3 is 0 Å². The fourth-order valence-corrected chi connectivity index (χ4v) is 4.36. The Morgan fingerprint density at radius 3 is 1.86 bits per heavy atom. The molecule has 29 heavy (non-hydrogen) atoms. The van der Waals surface area contributed by atoms with E-state index in [-0.39, 0.29) is 10.8 Å². The first-order chi connectivity index (χ1) is 13.7. The summed E-state index contributed by atoms with van der Waals surface area (Å²) in [4.78, 5) is 12.4. The highest BCUT2D eigenvalue weighted by Crippen LogP contribution is 2.25. The fourth-order valence-electron chi connectivity index (χ4n) is 3.16. The van der Waals surface area contributed by atoms with E-state index in [0.29, 0.717) is 16.9 Å². The summed E-state index contributed by atoms with van der Waals surface area (Å²) >= 11 is 0. The van der Waals surface area contributed by atoms with Crippen molar-refractivity contribution in [3.05, 3.63) is 88.5 Å². The number of amides is 1. The summed E-state index contributed by atoms with van der Waals surface area (Å²) in [6, 6.07) is 17.2. The van der Waals surface area contributed by atoms with Crippen molar-refractivity contribution in [3.8, 4) is 0 Å². The lowest BCUT2D eigenvalue weighted by Crippen LogP contribution is -2.15. The smallest absolute Gasteiger partial charge is 0.261 e. The van der Waals surface area contributed by atoms with Gasteiger partial charge in [0.25, 0.3) is 15.9 Å². The number of hydrogen-bond donors (Lipinski definition) is 2. The number of sulfonamides is 1. The number of anilines is 2. The molecule has 0 heterocycles. The zero-order valence-electron chi connectivity index (χ0n) is 16.9. The molecule has 0 spiro atoms. The monoisotopic (exact) mass is 408 g/mol. The summed E-state index contributed by atoms with van der Waals surface area (Å²) in [6.45, 7) is 7.68. The van der Waals surface area contributed by atoms with Crippen LogP contribution in [-0.2, 0) is 10.0 Å². The predicted octanol–water partition coefficient (Wildman–Crippen LogP) is 4.97. The normalized spacial score (nSPS) is 11.2. The zero-order valence-corrected chi connectivity index (χ0v) is 17.7. The molecule has 3 aromatic carbocycles. The number of carbonyl (C=O) groups is 1. The van der Waals surface area contributed by atoms with Crippen molar-refractivity contribution in [2.24, 2.45) is 0 Å². The number of aryl methyl sites for hydroxylation is 4. The van der Waals surface area contributed by atoms with E-state index >= 15 is 0 Å². The van der Waals surface area contributed by atoms with E-state index in [9.17, 15) is 13.2 Å². The molecule has 3 rings (SSSR count). The zero-order chi connectivity index (χ0) is 21.2. The van der Waals surface area contributed by atoms with Crippen LogP contribution in [0.5, 0.6) is 0 Å². The maximum atomic E-state index is 12.8. The number of nitrogens with one attached hydrogen (secondary N) is 2. The van der Waals surface area contributed by atoms with Crippen LogP contribution < -0.4 is 10.0 Å². The van der Waals surface area contributed by atoms with Crippen LogP contribution in [0.15, 0.2) is 65.6 Å². The van der Waals surface area contributed by atoms with E-state index in [0.717, 1.165) is 22.3 Å². The van der Waals surface area contributed by atoms with Crippen molar-refractivity contribution in [1.82, 2.24) is 0 Å². The quantitative estimate of drug-likeness (QED) is 0.626. The van der Waals surface area contributed by atoms with Gasteiger partial charge in [0.2, 0.25) is 0 Å². The second kappa shape index (κ2) is 8.09. The molecule has 150 valence electrons. The van der Waals surface area contributed by atoms with E-state index < -0.39 is 10.0 Å². The van der Waals surface area contributed by atoms with Gasteiger partial charge < -0.3 is 5.32 Å². The minimum Gasteiger partial charge on any atom is -0.322 e. The molecular weight excluding hydrogens is 384 g/mol. The van der Waals surface area contributed by atoms with E-state index in [4.69, 9.17) is 0 Å². The summed E-state index contributed by atoms with van der Waals surface area (Å²) in [7, 11) is -3.74. The van der Waals surface area contributed by atoms with Crippen LogP contribution in [-0.4, -0.2) is 14.3 Å². The van der Waals surface area contributed by atoms with Crippen LogP contribution in [0.3, 0.4) is 0 Å². The molecule has 0 aromatic heterocycles. The SMILES string of the molecule is Cc1ccc(C(=O)Nc2ccc(S(=O)(=O)Nc3c(C)cc(C)cc3C)cc2)cc1. The topological polar surface area (TPSA) is 75.3 Å². The fraction of sp³-hybridized carbons (Fsp3) is 0.174. The van der Waals surface area contributed by atoms with Gasteiger partial charge in [0, 0.05) is 11.3 Å². The molecule has 0 aliphatic heterocycles. The number of hydrogen-bond acceptors (Lipinski definition) is 3. The van der Waals surface area contributed by atoms with E-state index in [1.165, 1.54) is 12.1 Å². The van der Waals surface area contributed by atoms with E-state index in [1.807, 2.05) is 52.0 Å². The first kappa shape index (κ1) is 20.6. The molecule has 0 saturated carbocycles. The van der Waals surface area contributed by atoms with Crippen molar-refractivity contribution in [2.45, 2.75) is 32.6 Å². The average Bonchev–Trinajstić information content (AvgIpc) is 2.65. The Morgan fingerprint density at radius 2 is 1.31 bits per heavy atom. The van der Waals surface area contributed by atoms with Gasteiger partial charge in [-0.3, -0.25) is 9.52 Å². The summed E-state index contributed by atoms with van der Waals surface area (Å²) in [5, 5.41) is 2.78. The second-order valence-corrected chi connectivity index (χ2v) is 8.91. The molecule has 0 fully saturated rings. The van der Waals surface area contributed by atoms with Gasteiger partial charge in [0.05, 0.1) is 10.6 Å². The Balaban J connectivity index is 1.77. The minimum atomic E-state index is -3.74. The first-order valence-electron chi connectivity index (χ1n) is 9.24. The largest absolute Gasteiger partial charge is 0.322 e. The van der Waals surface area contributed by atoms with E-state index in [1.54, 1.807) is 24.3 Å². The summed E-state index contributed by atoms with van der Waals surface area (Å²) in [5.41, 5.74) is 5.55. The Morgan fingerprint density at radius 1 is 0.759 bits per heavy atom. The van der Waals surface area contributed by atoms with Crippen LogP contribution in [0.4, 0.5) is 11.4 Å². The molecular formula is C23H24N2O3S. The van der Waals surface area contributed by atoms with Crippen LogP contribution in [0.25, 0.3) is 0 Å². The highest BCUT2D eigenvalue weighted by Gasteiger charge is 2.17. The van der Waals surface area contributed by atoms with Gasteiger partial charge in [-0.15, -0.1) is 0 Å². The highest BCUT2D eigenvalue weighted by molar-refractivity contribution is 7.92. The second-order valence-electron chi connectivity index (χ2n) is 7.22. The summed E-state index contributed by atoms with van der Waals surface area (Å²) in [5.74, 6) is -0.246. The van der Waals surface area contributed by atoms with Crippen LogP contribution in [0.1, 0.15) is 32.6 Å². The van der Waals surface area contributed by atoms with Crippen molar-refractivity contribution in [2.75, 3.05) is 10.0 Å². The molecule has 3 aromatic rings. The van der Waals surface area contributed by atoms with Gasteiger partial charge in [-0.05, 0) is 75.2 Å². The van der Waals surface area contributed by atoms with Gasteiger partial charge in [0.15, 0.2) is 0 Å². The van der Waals surface area contributed by atoms with Crippen molar-refractivity contribution in [1.29, 1.82) is 0 Å². The number of benzene rings is 3. The molecule has 0 aliphatic carbocycles. The number of rotatable bonds is 5. The molecule has 0 saturated heterocycles. The lowest BCUT2D eigenvalue weighted by Gasteiger charge is -2.14. The standard InChI is InChI=1S/C23H24N2O3S/c1-15-5-7-19(8-6-15)23(26)24-20-9-11-21(12-10-20)29(27,28)25-22-17(3)13-16(2)14-18(22)4/h5-14,25H,1-4H3,(H,24,26). The predicted molar refractivity (Wildman–Crippen MR) is 117 cm³/mol. The third-order valence-corrected chi connectivity index (χ3v) is 6.02. The van der Waals surface area contributed by atoms with Crippen molar-refractivity contribution in [3.63, 3.8) is 0 Å². The Bertz CT molecular complexity index is 1130. The molecule has 6 heteroatoms. The molecule has 0 bridgehead atoms. The van der Waals surface area contributed by atoms with Crippen LogP contribution in [0.2, 0.25) is 0 Å². The van der Waals surface area contributed by atoms with Gasteiger partial charge in [-0.25, -0.2) is 8.42 Å². The van der Waals surface area contributed by atoms with Gasteiger partial charge in [0.1, 0.15) is 0 Å². The minimum absolute atomic E-state index is 0.130. The Hall–Kier alpha value is -3.12. The Labute approximate surface area is 171 Å². The Kier molecular flexibility index (Phi) is 5.75. The molecule has 0 atom stereocenters. The van der Waals surface area contributed by atoms with E-state index in [2.05, 4.69) is 10.0 Å². The van der Waals surface area contributed by atoms with Crippen LogP contribution in [0, 0.1) is 27.7 Å². The third kappa shape index (κ3) is 4.84. The maximum absolute atomic E-state index is 12.8. The molecule has 5 nitrogen and oxygen atoms in total. The molecule has 0 aliphatic rings. The number of carbonyl (C=O) groups excluding carboxylic acids is 1. The maximum Gasteiger partial charge on any atom is 0.261 e. The lowest BCUT2D eigenvalue weighted by atomic mass is 10.1. The van der Waals surface area contributed by atoms with Crippen molar-refractivity contribution < 1.29 is 13.2 Å². The van der Waals surface area contributed by atoms with Gasteiger partial charge in [-0.2, -0.15) is 0 Å². The summed E-state index contributed by atoms with van der Waals surface area (Å²) < 4.78 is 28.2. The van der Waals surface area contributed by atoms with Gasteiger partial charge in [-0.1, -0.05) is 35.4 Å². The highest BCUT2D eigenvalue weighted by atomic mass is 32.2. The molecule has 2 N–H and O–H groups in total. The third-order valence-electron chi connectivity index (χ3n) is 4.65. The van der Waals surface area contributed by atoms with Crippen LogP contribution >= 0.6 is 0 Å². The molecule has 0 radical (unpaired) electrons. The lowest BCUT2D eigenvalue weighted by molar-refractivity contribution is 0.102. The first-order valence-corrected chi connectivity index (χ1v) is 10.7.